The molecule has 2 aromatic rings. The van der Waals surface area contributed by atoms with Crippen LogP contribution in [0.25, 0.3) is 0 Å². The Hall–Kier alpha value is -2.29. The minimum absolute atomic E-state index is 0. The average molecular weight is 427 g/mol. The Morgan fingerprint density at radius 3 is 2.39 bits per heavy atom. The van der Waals surface area contributed by atoms with Gasteiger partial charge in [0.05, 0.1) is 23.9 Å². The summed E-state index contributed by atoms with van der Waals surface area (Å²) in [5.41, 5.74) is 7.08. The highest BCUT2D eigenvalue weighted by Gasteiger charge is 2.20. The van der Waals surface area contributed by atoms with Gasteiger partial charge in [-0.05, 0) is 29.8 Å². The number of anilines is 1. The maximum absolute atomic E-state index is 12.6. The first kappa shape index (κ1) is 22.0. The van der Waals surface area contributed by atoms with Crippen molar-refractivity contribution in [2.75, 3.05) is 24.3 Å². The topological polar surface area (TPSA) is 108 Å². The van der Waals surface area contributed by atoms with Gasteiger partial charge < -0.3 is 20.5 Å². The van der Waals surface area contributed by atoms with Gasteiger partial charge >= 0.3 is 0 Å². The Morgan fingerprint density at radius 2 is 1.71 bits per heavy atom. The van der Waals surface area contributed by atoms with E-state index in [1.54, 1.807) is 18.2 Å². The molecule has 1 heterocycles. The number of ether oxygens (including phenoxy) is 2. The van der Waals surface area contributed by atoms with Crippen molar-refractivity contribution in [1.29, 1.82) is 0 Å². The first-order chi connectivity index (χ1) is 13.0. The molecule has 0 saturated carbocycles. The highest BCUT2D eigenvalue weighted by Crippen LogP contribution is 2.32. The third-order valence-corrected chi connectivity index (χ3v) is 5.86. The van der Waals surface area contributed by atoms with Gasteiger partial charge in [0.1, 0.15) is 0 Å². The third kappa shape index (κ3) is 5.60. The molecule has 0 spiro atoms. The van der Waals surface area contributed by atoms with Crippen LogP contribution in [0.4, 0.5) is 5.69 Å². The number of carbonyl (C=O) groups excluding carboxylic acids is 1. The first-order valence-corrected chi connectivity index (χ1v) is 10.3. The zero-order chi connectivity index (χ0) is 19.3. The van der Waals surface area contributed by atoms with Crippen molar-refractivity contribution in [3.8, 4) is 11.5 Å². The molecule has 0 atom stereocenters. The molecular weight excluding hydrogens is 404 g/mol. The fourth-order valence-corrected chi connectivity index (χ4v) is 3.88. The van der Waals surface area contributed by atoms with Gasteiger partial charge in [-0.1, -0.05) is 12.1 Å². The van der Waals surface area contributed by atoms with Gasteiger partial charge in [-0.25, -0.2) is 8.42 Å². The maximum atomic E-state index is 12.6. The highest BCUT2D eigenvalue weighted by atomic mass is 35.5. The van der Waals surface area contributed by atoms with Crippen LogP contribution >= 0.6 is 12.4 Å². The number of amides is 1. The number of fused-ring (bicyclic) bond motifs is 1. The molecule has 7 nitrogen and oxygen atoms in total. The summed E-state index contributed by atoms with van der Waals surface area (Å²) in [4.78, 5) is 12.2. The molecule has 3 rings (SSSR count). The summed E-state index contributed by atoms with van der Waals surface area (Å²) in [6, 6.07) is 11.6. The number of carbonyl (C=O) groups is 1. The van der Waals surface area contributed by atoms with Crippen LogP contribution in [0.1, 0.15) is 18.4 Å². The van der Waals surface area contributed by atoms with E-state index in [0.29, 0.717) is 36.9 Å². The molecule has 3 N–H and O–H groups in total. The first-order valence-electron chi connectivity index (χ1n) is 8.69. The van der Waals surface area contributed by atoms with Crippen LogP contribution in [0.2, 0.25) is 0 Å². The van der Waals surface area contributed by atoms with Crippen LogP contribution in [0, 0.1) is 0 Å². The number of nitrogens with one attached hydrogen (secondary N) is 1. The minimum atomic E-state index is -3.62. The van der Waals surface area contributed by atoms with E-state index >= 15 is 0 Å². The summed E-state index contributed by atoms with van der Waals surface area (Å²) in [5, 5.41) is 2.69. The summed E-state index contributed by atoms with van der Waals surface area (Å²) in [6.45, 7) is 1.43. The van der Waals surface area contributed by atoms with E-state index in [0.717, 1.165) is 12.0 Å². The van der Waals surface area contributed by atoms with Crippen LogP contribution in [-0.2, 0) is 21.2 Å². The second-order valence-corrected chi connectivity index (χ2v) is 8.29. The van der Waals surface area contributed by atoms with Crippen molar-refractivity contribution in [3.05, 3.63) is 48.0 Å². The molecular formula is C19H23ClN2O5S. The standard InChI is InChI=1S/C19H22N2O5S.ClH/c20-13-14-2-4-15(5-3-14)21-19(22)8-11-27(23,24)16-6-7-17-18(12-16)26-10-1-9-25-17;/h2-7,12H,1,8-11,13,20H2,(H,21,22);1H. The molecule has 9 heteroatoms. The van der Waals surface area contributed by atoms with Crippen molar-refractivity contribution in [2.45, 2.75) is 24.3 Å². The van der Waals surface area contributed by atoms with Crippen LogP contribution in [0.5, 0.6) is 11.5 Å². The van der Waals surface area contributed by atoms with Gasteiger partial charge in [0, 0.05) is 31.1 Å². The van der Waals surface area contributed by atoms with Gasteiger partial charge in [0.15, 0.2) is 21.3 Å². The Labute approximate surface area is 170 Å². The molecule has 2 aromatic carbocycles. The normalized spacial score (nSPS) is 13.2. The van der Waals surface area contributed by atoms with Crippen molar-refractivity contribution >= 4 is 33.8 Å². The predicted octanol–water partition coefficient (Wildman–Crippen LogP) is 2.53. The SMILES string of the molecule is Cl.NCc1ccc(NC(=O)CCS(=O)(=O)c2ccc3c(c2)OCCCO3)cc1. The maximum Gasteiger partial charge on any atom is 0.225 e. The number of rotatable bonds is 6. The fourth-order valence-electron chi connectivity index (χ4n) is 2.63. The van der Waals surface area contributed by atoms with Crippen molar-refractivity contribution in [1.82, 2.24) is 0 Å². The third-order valence-electron chi connectivity index (χ3n) is 4.15. The van der Waals surface area contributed by atoms with Crippen molar-refractivity contribution in [2.24, 2.45) is 5.73 Å². The van der Waals surface area contributed by atoms with Crippen LogP contribution in [0.15, 0.2) is 47.4 Å². The second kappa shape index (κ2) is 9.77. The summed E-state index contributed by atoms with van der Waals surface area (Å²) < 4.78 is 36.1. The van der Waals surface area contributed by atoms with E-state index in [4.69, 9.17) is 15.2 Å². The second-order valence-electron chi connectivity index (χ2n) is 6.18. The van der Waals surface area contributed by atoms with Gasteiger partial charge in [0.25, 0.3) is 0 Å². The van der Waals surface area contributed by atoms with E-state index in [1.165, 1.54) is 12.1 Å². The molecule has 28 heavy (non-hydrogen) atoms. The molecule has 0 aliphatic carbocycles. The smallest absolute Gasteiger partial charge is 0.225 e. The number of nitrogens with two attached hydrogens (primary N) is 1. The van der Waals surface area contributed by atoms with E-state index in [2.05, 4.69) is 5.32 Å². The van der Waals surface area contributed by atoms with E-state index in [1.807, 2.05) is 12.1 Å². The molecule has 0 aromatic heterocycles. The summed E-state index contributed by atoms with van der Waals surface area (Å²) in [5.74, 6) is 0.288. The van der Waals surface area contributed by atoms with Crippen molar-refractivity contribution < 1.29 is 22.7 Å². The highest BCUT2D eigenvalue weighted by molar-refractivity contribution is 7.91. The molecule has 0 saturated heterocycles. The monoisotopic (exact) mass is 426 g/mol. The molecule has 152 valence electrons. The molecule has 1 aliphatic heterocycles. The summed E-state index contributed by atoms with van der Waals surface area (Å²) in [6.07, 6.45) is 0.596. The zero-order valence-electron chi connectivity index (χ0n) is 15.2. The minimum Gasteiger partial charge on any atom is -0.490 e. The van der Waals surface area contributed by atoms with E-state index < -0.39 is 9.84 Å². The lowest BCUT2D eigenvalue weighted by Crippen LogP contribution is -2.17. The van der Waals surface area contributed by atoms with Crippen LogP contribution in [-0.4, -0.2) is 33.3 Å². The summed E-state index contributed by atoms with van der Waals surface area (Å²) >= 11 is 0. The predicted molar refractivity (Wildman–Crippen MR) is 109 cm³/mol. The largest absolute Gasteiger partial charge is 0.490 e. The zero-order valence-corrected chi connectivity index (χ0v) is 16.9. The van der Waals surface area contributed by atoms with Gasteiger partial charge in [-0.3, -0.25) is 4.79 Å². The number of sulfone groups is 1. The van der Waals surface area contributed by atoms with Gasteiger partial charge in [-0.2, -0.15) is 0 Å². The van der Waals surface area contributed by atoms with Crippen LogP contribution < -0.4 is 20.5 Å². The molecule has 0 fully saturated rings. The van der Waals surface area contributed by atoms with Crippen molar-refractivity contribution in [3.63, 3.8) is 0 Å². The Bertz CT molecular complexity index is 916. The number of hydrogen-bond acceptors (Lipinski definition) is 6. The fraction of sp³-hybridized carbons (Fsp3) is 0.316. The Morgan fingerprint density at radius 1 is 1.04 bits per heavy atom. The lowest BCUT2D eigenvalue weighted by atomic mass is 10.2. The molecule has 0 unspecified atom stereocenters. The van der Waals surface area contributed by atoms with E-state index in [-0.39, 0.29) is 35.4 Å². The lowest BCUT2D eigenvalue weighted by molar-refractivity contribution is -0.115. The molecule has 1 amide bonds. The number of hydrogen-bond donors (Lipinski definition) is 2. The number of benzene rings is 2. The summed E-state index contributed by atoms with van der Waals surface area (Å²) in [7, 11) is -3.62. The average Bonchev–Trinajstić information content (AvgIpc) is 2.92. The quantitative estimate of drug-likeness (QED) is 0.734. The van der Waals surface area contributed by atoms with Gasteiger partial charge in [-0.15, -0.1) is 12.4 Å². The lowest BCUT2D eigenvalue weighted by Gasteiger charge is -2.10. The Balaban J connectivity index is 0.00000280. The molecule has 0 radical (unpaired) electrons. The number of halogens is 1. The van der Waals surface area contributed by atoms with E-state index in [9.17, 15) is 13.2 Å². The van der Waals surface area contributed by atoms with Crippen LogP contribution in [0.3, 0.4) is 0 Å². The van der Waals surface area contributed by atoms with Gasteiger partial charge in [0.2, 0.25) is 5.91 Å². The molecule has 0 bridgehead atoms. The Kier molecular flexibility index (Phi) is 7.68. The molecule has 1 aliphatic rings.